The van der Waals surface area contributed by atoms with Crippen LogP contribution in [0, 0.1) is 5.82 Å². The molecule has 1 aliphatic rings. The number of carbonyl (C=O) groups is 1. The van der Waals surface area contributed by atoms with E-state index in [1.807, 2.05) is 0 Å². The molecule has 0 saturated carbocycles. The van der Waals surface area contributed by atoms with Crippen molar-refractivity contribution in [2.75, 3.05) is 13.1 Å². The largest absolute Gasteiger partial charge is 0.434 e. The van der Waals surface area contributed by atoms with Crippen molar-refractivity contribution in [1.29, 1.82) is 0 Å². The Labute approximate surface area is 120 Å². The predicted octanol–water partition coefficient (Wildman–Crippen LogP) is 2.02. The standard InChI is InChI=1S/C12H13F3N2O2.ClH/c13-7-1-2-9(10(5-7)19-12(14)15)11(18)17-4-3-8(16)6-17;/h1-2,5,8,12H,3-4,6,16H2;1H/t8-;/m1./s1. The van der Waals surface area contributed by atoms with Crippen LogP contribution in [0.3, 0.4) is 0 Å². The summed E-state index contributed by atoms with van der Waals surface area (Å²) in [5.74, 6) is -1.69. The van der Waals surface area contributed by atoms with Crippen molar-refractivity contribution >= 4 is 18.3 Å². The van der Waals surface area contributed by atoms with E-state index in [0.717, 1.165) is 18.2 Å². The van der Waals surface area contributed by atoms with Gasteiger partial charge in [-0.1, -0.05) is 0 Å². The number of amides is 1. The van der Waals surface area contributed by atoms with E-state index in [-0.39, 0.29) is 24.0 Å². The molecule has 0 spiro atoms. The van der Waals surface area contributed by atoms with Crippen molar-refractivity contribution < 1.29 is 22.7 Å². The molecule has 1 aromatic rings. The molecule has 1 heterocycles. The number of nitrogens with zero attached hydrogens (tertiary/aromatic N) is 1. The second-order valence-corrected chi connectivity index (χ2v) is 4.32. The lowest BCUT2D eigenvalue weighted by atomic mass is 10.1. The van der Waals surface area contributed by atoms with Crippen LogP contribution in [0.4, 0.5) is 13.2 Å². The van der Waals surface area contributed by atoms with Gasteiger partial charge in [-0.2, -0.15) is 8.78 Å². The SMILES string of the molecule is Cl.N[C@@H]1CCN(C(=O)c2ccc(F)cc2OC(F)F)C1. The fourth-order valence-corrected chi connectivity index (χ4v) is 2.01. The third kappa shape index (κ3) is 3.77. The van der Waals surface area contributed by atoms with Crippen LogP contribution in [0.25, 0.3) is 0 Å². The molecule has 8 heteroatoms. The third-order valence-electron chi connectivity index (χ3n) is 2.90. The summed E-state index contributed by atoms with van der Waals surface area (Å²) >= 11 is 0. The van der Waals surface area contributed by atoms with E-state index in [1.54, 1.807) is 0 Å². The van der Waals surface area contributed by atoms with Gasteiger partial charge in [0.25, 0.3) is 5.91 Å². The topological polar surface area (TPSA) is 55.6 Å². The molecule has 1 aromatic carbocycles. The number of hydrogen-bond acceptors (Lipinski definition) is 3. The van der Waals surface area contributed by atoms with E-state index in [0.29, 0.717) is 19.5 Å². The highest BCUT2D eigenvalue weighted by Crippen LogP contribution is 2.24. The first-order valence-corrected chi connectivity index (χ1v) is 5.76. The van der Waals surface area contributed by atoms with Crippen LogP contribution in [-0.2, 0) is 0 Å². The van der Waals surface area contributed by atoms with Crippen molar-refractivity contribution in [3.63, 3.8) is 0 Å². The van der Waals surface area contributed by atoms with Crippen LogP contribution in [0.1, 0.15) is 16.8 Å². The van der Waals surface area contributed by atoms with Gasteiger partial charge in [-0.15, -0.1) is 12.4 Å². The average molecular weight is 311 g/mol. The molecular formula is C12H14ClF3N2O2. The molecule has 0 unspecified atom stereocenters. The number of alkyl halides is 2. The van der Waals surface area contributed by atoms with Gasteiger partial charge in [-0.3, -0.25) is 4.79 Å². The van der Waals surface area contributed by atoms with Gasteiger partial charge in [0.15, 0.2) is 0 Å². The second-order valence-electron chi connectivity index (χ2n) is 4.32. The minimum Gasteiger partial charge on any atom is -0.434 e. The lowest BCUT2D eigenvalue weighted by molar-refractivity contribution is -0.0504. The Morgan fingerprint density at radius 2 is 2.15 bits per heavy atom. The molecule has 2 rings (SSSR count). The van der Waals surface area contributed by atoms with Gasteiger partial charge < -0.3 is 15.4 Å². The van der Waals surface area contributed by atoms with E-state index in [1.165, 1.54) is 4.90 Å². The first-order valence-electron chi connectivity index (χ1n) is 5.76. The second kappa shape index (κ2) is 6.81. The zero-order valence-corrected chi connectivity index (χ0v) is 11.2. The van der Waals surface area contributed by atoms with Gasteiger partial charge in [0.1, 0.15) is 11.6 Å². The van der Waals surface area contributed by atoms with Gasteiger partial charge in [0.2, 0.25) is 0 Å². The number of benzene rings is 1. The van der Waals surface area contributed by atoms with Crippen molar-refractivity contribution in [3.05, 3.63) is 29.6 Å². The smallest absolute Gasteiger partial charge is 0.387 e. The molecule has 1 fully saturated rings. The maximum Gasteiger partial charge on any atom is 0.387 e. The molecule has 0 radical (unpaired) electrons. The summed E-state index contributed by atoms with van der Waals surface area (Å²) in [5.41, 5.74) is 5.59. The number of rotatable bonds is 3. The fourth-order valence-electron chi connectivity index (χ4n) is 2.01. The lowest BCUT2D eigenvalue weighted by Gasteiger charge is -2.18. The highest BCUT2D eigenvalue weighted by molar-refractivity contribution is 5.97. The third-order valence-corrected chi connectivity index (χ3v) is 2.90. The Kier molecular flexibility index (Phi) is 5.64. The van der Waals surface area contributed by atoms with Gasteiger partial charge in [-0.05, 0) is 18.6 Å². The monoisotopic (exact) mass is 310 g/mol. The number of halogens is 4. The molecule has 1 atom stereocenters. The van der Waals surface area contributed by atoms with Crippen LogP contribution in [0.15, 0.2) is 18.2 Å². The summed E-state index contributed by atoms with van der Waals surface area (Å²) in [7, 11) is 0. The zero-order chi connectivity index (χ0) is 14.0. The van der Waals surface area contributed by atoms with Gasteiger partial charge in [-0.25, -0.2) is 4.39 Å². The minimum absolute atomic E-state index is 0. The highest BCUT2D eigenvalue weighted by atomic mass is 35.5. The number of nitrogens with two attached hydrogens (primary N) is 1. The molecule has 0 bridgehead atoms. The van der Waals surface area contributed by atoms with Crippen molar-refractivity contribution in [2.24, 2.45) is 5.73 Å². The maximum absolute atomic E-state index is 13.0. The Morgan fingerprint density at radius 3 is 2.70 bits per heavy atom. The Morgan fingerprint density at radius 1 is 1.45 bits per heavy atom. The number of ether oxygens (including phenoxy) is 1. The van der Waals surface area contributed by atoms with E-state index >= 15 is 0 Å². The Hall–Kier alpha value is -1.47. The molecule has 1 amide bonds. The number of likely N-dealkylation sites (tertiary alicyclic amines) is 1. The van der Waals surface area contributed by atoms with Crippen LogP contribution in [0.2, 0.25) is 0 Å². The number of hydrogen-bond donors (Lipinski definition) is 1. The molecule has 4 nitrogen and oxygen atoms in total. The van der Waals surface area contributed by atoms with Crippen molar-refractivity contribution in [1.82, 2.24) is 4.90 Å². The molecule has 2 N–H and O–H groups in total. The summed E-state index contributed by atoms with van der Waals surface area (Å²) in [6.07, 6.45) is 0.651. The van der Waals surface area contributed by atoms with E-state index < -0.39 is 24.1 Å². The van der Waals surface area contributed by atoms with Crippen molar-refractivity contribution in [3.8, 4) is 5.75 Å². The van der Waals surface area contributed by atoms with E-state index in [2.05, 4.69) is 4.74 Å². The summed E-state index contributed by atoms with van der Waals surface area (Å²) in [4.78, 5) is 13.6. The van der Waals surface area contributed by atoms with Crippen molar-refractivity contribution in [2.45, 2.75) is 19.1 Å². The number of carbonyl (C=O) groups excluding carboxylic acids is 1. The average Bonchev–Trinajstić information content (AvgIpc) is 2.74. The predicted molar refractivity (Wildman–Crippen MR) is 68.8 cm³/mol. The summed E-state index contributed by atoms with van der Waals surface area (Å²) in [6, 6.07) is 2.82. The van der Waals surface area contributed by atoms with Crippen LogP contribution >= 0.6 is 12.4 Å². The molecule has 0 aliphatic carbocycles. The van der Waals surface area contributed by atoms with Gasteiger partial charge >= 0.3 is 6.61 Å². The molecule has 1 aliphatic heterocycles. The molecule has 0 aromatic heterocycles. The van der Waals surface area contributed by atoms with Crippen LogP contribution in [0.5, 0.6) is 5.75 Å². The fraction of sp³-hybridized carbons (Fsp3) is 0.417. The summed E-state index contributed by atoms with van der Waals surface area (Å²) < 4.78 is 41.7. The molecular weight excluding hydrogens is 297 g/mol. The minimum atomic E-state index is -3.12. The lowest BCUT2D eigenvalue weighted by Crippen LogP contribution is -2.32. The van der Waals surface area contributed by atoms with E-state index in [4.69, 9.17) is 5.73 Å². The quantitative estimate of drug-likeness (QED) is 0.929. The van der Waals surface area contributed by atoms with Gasteiger partial charge in [0, 0.05) is 25.2 Å². The molecule has 1 saturated heterocycles. The highest BCUT2D eigenvalue weighted by Gasteiger charge is 2.27. The van der Waals surface area contributed by atoms with Crippen LogP contribution in [-0.4, -0.2) is 36.5 Å². The first-order chi connectivity index (χ1) is 8.97. The Bertz CT molecular complexity index is 488. The summed E-state index contributed by atoms with van der Waals surface area (Å²) in [6.45, 7) is -2.32. The normalized spacial score (nSPS) is 18.1. The first kappa shape index (κ1) is 16.6. The van der Waals surface area contributed by atoms with Crippen LogP contribution < -0.4 is 10.5 Å². The van der Waals surface area contributed by atoms with Gasteiger partial charge in [0.05, 0.1) is 5.56 Å². The maximum atomic E-state index is 13.0. The van der Waals surface area contributed by atoms with E-state index in [9.17, 15) is 18.0 Å². The zero-order valence-electron chi connectivity index (χ0n) is 10.4. The molecule has 20 heavy (non-hydrogen) atoms. The summed E-state index contributed by atoms with van der Waals surface area (Å²) in [5, 5.41) is 0. The molecule has 112 valence electrons. The Balaban J connectivity index is 0.00000200.